The molecular formula is C18H34O5. The van der Waals surface area contributed by atoms with Gasteiger partial charge in [-0.15, -0.1) is 0 Å². The van der Waals surface area contributed by atoms with Crippen LogP contribution in [0.25, 0.3) is 0 Å². The first-order chi connectivity index (χ1) is 10.9. The summed E-state index contributed by atoms with van der Waals surface area (Å²) in [6.07, 6.45) is 2.43. The summed E-state index contributed by atoms with van der Waals surface area (Å²) in [5.74, 6) is 0.0226. The molecule has 136 valence electrons. The second-order valence-electron chi connectivity index (χ2n) is 6.28. The molecule has 0 saturated heterocycles. The van der Waals surface area contributed by atoms with Gasteiger partial charge in [0.25, 0.3) is 0 Å². The van der Waals surface area contributed by atoms with E-state index in [0.717, 1.165) is 12.8 Å². The van der Waals surface area contributed by atoms with Crippen LogP contribution in [-0.4, -0.2) is 31.4 Å². The molecule has 0 aliphatic heterocycles. The standard InChI is InChI=1S/C18H34O5/c1-7-11-12-18(13-14(5)6,16(19)21-9-3)15(8-2)23-17(20)22-10-4/h14-15H,7-13H2,1-6H3. The first-order valence-electron chi connectivity index (χ1n) is 8.88. The van der Waals surface area contributed by atoms with Gasteiger partial charge in [0.2, 0.25) is 0 Å². The Labute approximate surface area is 141 Å². The van der Waals surface area contributed by atoms with Gasteiger partial charge in [0.1, 0.15) is 11.5 Å². The maximum atomic E-state index is 12.8. The van der Waals surface area contributed by atoms with Crippen LogP contribution in [0.2, 0.25) is 0 Å². The third-order valence-corrected chi connectivity index (χ3v) is 3.92. The molecule has 0 amide bonds. The van der Waals surface area contributed by atoms with Crippen LogP contribution >= 0.6 is 0 Å². The minimum Gasteiger partial charge on any atom is -0.465 e. The van der Waals surface area contributed by atoms with E-state index in [2.05, 4.69) is 20.8 Å². The number of esters is 1. The Hall–Kier alpha value is -1.26. The summed E-state index contributed by atoms with van der Waals surface area (Å²) in [7, 11) is 0. The molecule has 5 nitrogen and oxygen atoms in total. The zero-order valence-electron chi connectivity index (χ0n) is 15.6. The lowest BCUT2D eigenvalue weighted by Gasteiger charge is -2.38. The Morgan fingerprint density at radius 3 is 2.04 bits per heavy atom. The molecule has 2 atom stereocenters. The van der Waals surface area contributed by atoms with Gasteiger partial charge in [-0.05, 0) is 39.0 Å². The van der Waals surface area contributed by atoms with E-state index >= 15 is 0 Å². The van der Waals surface area contributed by atoms with Gasteiger partial charge >= 0.3 is 12.1 Å². The summed E-state index contributed by atoms with van der Waals surface area (Å²) in [4.78, 5) is 24.6. The second-order valence-corrected chi connectivity index (χ2v) is 6.28. The van der Waals surface area contributed by atoms with Gasteiger partial charge in [-0.1, -0.05) is 40.5 Å². The van der Waals surface area contributed by atoms with Crippen molar-refractivity contribution in [3.05, 3.63) is 0 Å². The van der Waals surface area contributed by atoms with Crippen molar-refractivity contribution in [2.24, 2.45) is 11.3 Å². The topological polar surface area (TPSA) is 61.8 Å². The van der Waals surface area contributed by atoms with E-state index in [4.69, 9.17) is 14.2 Å². The third kappa shape index (κ3) is 6.80. The molecule has 23 heavy (non-hydrogen) atoms. The van der Waals surface area contributed by atoms with Gasteiger partial charge in [0.05, 0.1) is 13.2 Å². The minimum absolute atomic E-state index is 0.251. The van der Waals surface area contributed by atoms with Gasteiger partial charge in [-0.3, -0.25) is 4.79 Å². The van der Waals surface area contributed by atoms with Crippen LogP contribution in [0.4, 0.5) is 4.79 Å². The number of unbranched alkanes of at least 4 members (excludes halogenated alkanes) is 1. The molecule has 5 heteroatoms. The first kappa shape index (κ1) is 21.7. The number of hydrogen-bond acceptors (Lipinski definition) is 5. The Balaban J connectivity index is 5.59. The summed E-state index contributed by atoms with van der Waals surface area (Å²) in [5.41, 5.74) is -0.804. The molecule has 0 radical (unpaired) electrons. The van der Waals surface area contributed by atoms with Gasteiger partial charge in [-0.2, -0.15) is 0 Å². The molecule has 0 aliphatic rings. The molecule has 0 aliphatic carbocycles. The van der Waals surface area contributed by atoms with E-state index in [0.29, 0.717) is 25.9 Å². The number of carbonyl (C=O) groups is 2. The van der Waals surface area contributed by atoms with E-state index in [-0.39, 0.29) is 18.5 Å². The molecule has 0 spiro atoms. The highest BCUT2D eigenvalue weighted by Gasteiger charge is 2.48. The minimum atomic E-state index is -0.804. The highest BCUT2D eigenvalue weighted by molar-refractivity contribution is 5.78. The zero-order valence-corrected chi connectivity index (χ0v) is 15.6. The van der Waals surface area contributed by atoms with Gasteiger partial charge in [0.15, 0.2) is 0 Å². The average Bonchev–Trinajstić information content (AvgIpc) is 2.49. The van der Waals surface area contributed by atoms with E-state index < -0.39 is 17.7 Å². The number of carbonyl (C=O) groups excluding carboxylic acids is 2. The Morgan fingerprint density at radius 2 is 1.61 bits per heavy atom. The lowest BCUT2D eigenvalue weighted by molar-refractivity contribution is -0.167. The first-order valence-corrected chi connectivity index (χ1v) is 8.88. The van der Waals surface area contributed by atoms with E-state index in [1.54, 1.807) is 13.8 Å². The van der Waals surface area contributed by atoms with Crippen LogP contribution < -0.4 is 0 Å². The normalized spacial score (nSPS) is 14.9. The van der Waals surface area contributed by atoms with Crippen molar-refractivity contribution in [2.75, 3.05) is 13.2 Å². The van der Waals surface area contributed by atoms with E-state index in [1.165, 1.54) is 0 Å². The van der Waals surface area contributed by atoms with Crippen molar-refractivity contribution in [3.63, 3.8) is 0 Å². The van der Waals surface area contributed by atoms with Crippen molar-refractivity contribution in [1.29, 1.82) is 0 Å². The van der Waals surface area contributed by atoms with Crippen LogP contribution in [0.1, 0.15) is 73.6 Å². The summed E-state index contributed by atoms with van der Waals surface area (Å²) in [5, 5.41) is 0. The summed E-state index contributed by atoms with van der Waals surface area (Å²) in [6.45, 7) is 12.2. The molecule has 0 heterocycles. The number of rotatable bonds is 11. The van der Waals surface area contributed by atoms with Gasteiger partial charge < -0.3 is 14.2 Å². The van der Waals surface area contributed by atoms with Crippen molar-refractivity contribution in [3.8, 4) is 0 Å². The van der Waals surface area contributed by atoms with Crippen LogP contribution in [0.3, 0.4) is 0 Å². The van der Waals surface area contributed by atoms with Crippen LogP contribution in [0.15, 0.2) is 0 Å². The molecule has 0 N–H and O–H groups in total. The van der Waals surface area contributed by atoms with Crippen molar-refractivity contribution < 1.29 is 23.8 Å². The fraction of sp³-hybridized carbons (Fsp3) is 0.889. The predicted molar refractivity (Wildman–Crippen MR) is 90.2 cm³/mol. The highest BCUT2D eigenvalue weighted by atomic mass is 16.7. The Kier molecular flexibility index (Phi) is 10.7. The maximum Gasteiger partial charge on any atom is 0.508 e. The molecule has 0 saturated carbocycles. The SMILES string of the molecule is CCCCC(CC(C)C)(C(=O)OCC)C(CC)OC(=O)OCC. The molecule has 0 bridgehead atoms. The van der Waals surface area contributed by atoms with Crippen LogP contribution in [0, 0.1) is 11.3 Å². The van der Waals surface area contributed by atoms with Crippen molar-refractivity contribution >= 4 is 12.1 Å². The van der Waals surface area contributed by atoms with E-state index in [1.807, 2.05) is 6.92 Å². The van der Waals surface area contributed by atoms with E-state index in [9.17, 15) is 9.59 Å². The smallest absolute Gasteiger partial charge is 0.465 e. The number of ether oxygens (including phenoxy) is 3. The third-order valence-electron chi connectivity index (χ3n) is 3.92. The fourth-order valence-corrected chi connectivity index (χ4v) is 3.06. The van der Waals surface area contributed by atoms with Crippen LogP contribution in [0.5, 0.6) is 0 Å². The Morgan fingerprint density at radius 1 is 1.00 bits per heavy atom. The molecule has 2 unspecified atom stereocenters. The lowest BCUT2D eigenvalue weighted by Crippen LogP contribution is -2.47. The lowest BCUT2D eigenvalue weighted by atomic mass is 9.71. The number of hydrogen-bond donors (Lipinski definition) is 0. The molecule has 0 fully saturated rings. The molecule has 0 aromatic carbocycles. The van der Waals surface area contributed by atoms with Crippen LogP contribution in [-0.2, 0) is 19.0 Å². The molecule has 0 rings (SSSR count). The Bertz CT molecular complexity index is 353. The highest BCUT2D eigenvalue weighted by Crippen LogP contribution is 2.40. The summed E-state index contributed by atoms with van der Waals surface area (Å²) in [6, 6.07) is 0. The molecular weight excluding hydrogens is 296 g/mol. The van der Waals surface area contributed by atoms with Crippen molar-refractivity contribution in [2.45, 2.75) is 79.8 Å². The predicted octanol–water partition coefficient (Wildman–Crippen LogP) is 4.72. The average molecular weight is 330 g/mol. The summed E-state index contributed by atoms with van der Waals surface area (Å²) < 4.78 is 15.8. The fourth-order valence-electron chi connectivity index (χ4n) is 3.06. The largest absolute Gasteiger partial charge is 0.508 e. The summed E-state index contributed by atoms with van der Waals surface area (Å²) >= 11 is 0. The van der Waals surface area contributed by atoms with Gasteiger partial charge in [-0.25, -0.2) is 4.79 Å². The monoisotopic (exact) mass is 330 g/mol. The van der Waals surface area contributed by atoms with Gasteiger partial charge in [0, 0.05) is 0 Å². The molecule has 0 aromatic rings. The quantitative estimate of drug-likeness (QED) is 0.513. The molecule has 0 aromatic heterocycles. The zero-order chi connectivity index (χ0) is 17.9. The van der Waals surface area contributed by atoms with Crippen molar-refractivity contribution in [1.82, 2.24) is 0 Å². The second kappa shape index (κ2) is 11.3. The maximum absolute atomic E-state index is 12.8.